The third-order valence-electron chi connectivity index (χ3n) is 7.37. The number of para-hydroxylation sites is 2. The number of nitriles is 1. The molecule has 36 heavy (non-hydrogen) atoms. The van der Waals surface area contributed by atoms with Gasteiger partial charge in [0.2, 0.25) is 0 Å². The predicted octanol–water partition coefficient (Wildman–Crippen LogP) is 4.94. The van der Waals surface area contributed by atoms with Gasteiger partial charge in [-0.15, -0.1) is 0 Å². The monoisotopic (exact) mass is 471 g/mol. The molecule has 7 nitrogen and oxygen atoms in total. The van der Waals surface area contributed by atoms with E-state index in [0.29, 0.717) is 16.7 Å². The second-order valence-electron chi connectivity index (χ2n) is 9.71. The van der Waals surface area contributed by atoms with E-state index in [1.54, 1.807) is 9.13 Å². The zero-order valence-electron chi connectivity index (χ0n) is 20.2. The van der Waals surface area contributed by atoms with Crippen molar-refractivity contribution in [2.24, 2.45) is 0 Å². The molecular weight excluding hydrogens is 450 g/mol. The van der Waals surface area contributed by atoms with E-state index in [1.165, 1.54) is 0 Å². The number of aromatic nitrogens is 2. The Labute approximate surface area is 207 Å². The average molecular weight is 472 g/mol. The van der Waals surface area contributed by atoms with Crippen molar-refractivity contribution in [3.05, 3.63) is 71.3 Å². The standard InChI is InChI=1S/C29H21N5O2/c1-31(2)24-17(26-22-15-9-5-7-11-20(15)33(26)28(22)35)13-18(25(32(3)4)19(24)14-30)27-23-16-10-6-8-12-21(16)34(27)29(23)36/h5-13H,1-4H3. The summed E-state index contributed by atoms with van der Waals surface area (Å²) in [5, 5.41) is 12.3. The molecule has 2 aromatic heterocycles. The molecule has 2 aliphatic rings. The van der Waals surface area contributed by atoms with E-state index in [4.69, 9.17) is 0 Å². The van der Waals surface area contributed by atoms with Crippen LogP contribution in [0.25, 0.3) is 44.3 Å². The molecule has 174 valence electrons. The number of hydrogen-bond acceptors (Lipinski definition) is 5. The van der Waals surface area contributed by atoms with Gasteiger partial charge in [-0.2, -0.15) is 5.26 Å². The van der Waals surface area contributed by atoms with Gasteiger partial charge < -0.3 is 9.80 Å². The van der Waals surface area contributed by atoms with Gasteiger partial charge in [-0.05, 0) is 18.2 Å². The lowest BCUT2D eigenvalue weighted by Crippen LogP contribution is -2.26. The summed E-state index contributed by atoms with van der Waals surface area (Å²) in [5.41, 5.74) is 8.32. The summed E-state index contributed by atoms with van der Waals surface area (Å²) in [4.78, 5) is 29.8. The maximum absolute atomic E-state index is 13.0. The van der Waals surface area contributed by atoms with Crippen LogP contribution in [0.3, 0.4) is 0 Å². The Hall–Kier alpha value is -4.83. The lowest BCUT2D eigenvalue weighted by Gasteiger charge is -2.31. The highest BCUT2D eigenvalue weighted by molar-refractivity contribution is 6.29. The first-order valence-corrected chi connectivity index (χ1v) is 11.7. The first kappa shape index (κ1) is 20.5. The van der Waals surface area contributed by atoms with E-state index in [2.05, 4.69) is 6.07 Å². The topological polar surface area (TPSA) is 74.3 Å². The normalized spacial score (nSPS) is 13.1. The molecule has 5 aromatic rings. The molecule has 0 spiro atoms. The van der Waals surface area contributed by atoms with E-state index >= 15 is 0 Å². The summed E-state index contributed by atoms with van der Waals surface area (Å²) in [6, 6.07) is 20.0. The van der Waals surface area contributed by atoms with Crippen LogP contribution in [0.2, 0.25) is 0 Å². The number of hydrogen-bond donors (Lipinski definition) is 0. The third-order valence-corrected chi connectivity index (χ3v) is 7.37. The third kappa shape index (κ3) is 2.17. The summed E-state index contributed by atoms with van der Waals surface area (Å²) >= 11 is 0. The Balaban J connectivity index is 1.63. The molecule has 0 N–H and O–H groups in total. The van der Waals surface area contributed by atoms with Gasteiger partial charge in [-0.25, -0.2) is 0 Å². The number of anilines is 2. The number of rotatable bonds is 4. The fraction of sp³-hybridized carbons (Fsp3) is 0.138. The van der Waals surface area contributed by atoms with Crippen molar-refractivity contribution >= 4 is 45.0 Å². The Bertz CT molecular complexity index is 1680. The Morgan fingerprint density at radius 1 is 0.694 bits per heavy atom. The van der Waals surface area contributed by atoms with Gasteiger partial charge in [-0.3, -0.25) is 18.7 Å². The molecule has 0 saturated heterocycles. The first-order valence-electron chi connectivity index (χ1n) is 11.7. The summed E-state index contributed by atoms with van der Waals surface area (Å²) in [6.07, 6.45) is 0. The van der Waals surface area contributed by atoms with Crippen LogP contribution >= 0.6 is 0 Å². The summed E-state index contributed by atoms with van der Waals surface area (Å²) in [7, 11) is 7.64. The van der Waals surface area contributed by atoms with Crippen LogP contribution in [-0.2, 0) is 0 Å². The van der Waals surface area contributed by atoms with Crippen molar-refractivity contribution in [2.45, 2.75) is 0 Å². The molecule has 2 aliphatic heterocycles. The van der Waals surface area contributed by atoms with Gasteiger partial charge in [0.15, 0.2) is 0 Å². The summed E-state index contributed by atoms with van der Waals surface area (Å²) in [6.45, 7) is 0. The second kappa shape index (κ2) is 6.64. The SMILES string of the molecule is CN(C)c1c(-c2c3c4ccccc4n2C3=O)cc(-c2c3c4ccccc4n2C3=O)c(N(C)C)c1C#N. The van der Waals surface area contributed by atoms with Gasteiger partial charge in [-0.1, -0.05) is 36.4 Å². The smallest absolute Gasteiger partial charge is 0.265 e. The maximum atomic E-state index is 13.0. The Morgan fingerprint density at radius 3 is 1.47 bits per heavy atom. The quantitative estimate of drug-likeness (QED) is 0.364. The van der Waals surface area contributed by atoms with Gasteiger partial charge in [0.05, 0.1) is 50.5 Å². The second-order valence-corrected chi connectivity index (χ2v) is 9.71. The van der Waals surface area contributed by atoms with E-state index < -0.39 is 0 Å². The van der Waals surface area contributed by atoms with Gasteiger partial charge >= 0.3 is 0 Å². The van der Waals surface area contributed by atoms with Crippen molar-refractivity contribution < 1.29 is 9.59 Å². The summed E-state index contributed by atoms with van der Waals surface area (Å²) in [5.74, 6) is -0.0468. The van der Waals surface area contributed by atoms with Crippen LogP contribution in [0.5, 0.6) is 0 Å². The molecule has 4 heterocycles. The molecule has 0 saturated carbocycles. The molecule has 0 amide bonds. The number of fused-ring (bicyclic) bond motifs is 10. The highest BCUT2D eigenvalue weighted by atomic mass is 16.2. The number of benzene rings is 3. The van der Waals surface area contributed by atoms with Gasteiger partial charge in [0.25, 0.3) is 11.8 Å². The van der Waals surface area contributed by atoms with Crippen molar-refractivity contribution in [3.8, 4) is 28.6 Å². The van der Waals surface area contributed by atoms with Crippen LogP contribution in [0.15, 0.2) is 54.6 Å². The highest BCUT2D eigenvalue weighted by Crippen LogP contribution is 2.53. The number of nitrogens with zero attached hydrogens (tertiary/aromatic N) is 5. The molecule has 0 fully saturated rings. The first-order chi connectivity index (χ1) is 17.4. The van der Waals surface area contributed by atoms with Crippen LogP contribution in [0.1, 0.15) is 26.3 Å². The highest BCUT2D eigenvalue weighted by Gasteiger charge is 2.41. The average Bonchev–Trinajstić information content (AvgIpc) is 3.56. The van der Waals surface area contributed by atoms with Gasteiger partial charge in [0, 0.05) is 50.1 Å². The van der Waals surface area contributed by atoms with Crippen molar-refractivity contribution in [3.63, 3.8) is 0 Å². The number of carbonyl (C=O) groups is 2. The van der Waals surface area contributed by atoms with Crippen molar-refractivity contribution in [1.29, 1.82) is 5.26 Å². The zero-order chi connectivity index (χ0) is 25.0. The molecule has 7 rings (SSSR count). The largest absolute Gasteiger partial charge is 0.376 e. The lowest BCUT2D eigenvalue weighted by molar-refractivity contribution is 0.0943. The Morgan fingerprint density at radius 2 is 1.11 bits per heavy atom. The van der Waals surface area contributed by atoms with E-state index in [9.17, 15) is 14.9 Å². The Kier molecular flexibility index (Phi) is 3.79. The fourth-order valence-electron chi connectivity index (χ4n) is 6.02. The van der Waals surface area contributed by atoms with Crippen molar-refractivity contribution in [2.75, 3.05) is 38.0 Å². The molecule has 0 atom stereocenters. The van der Waals surface area contributed by atoms with Gasteiger partial charge in [0.1, 0.15) is 6.07 Å². The van der Waals surface area contributed by atoms with Crippen LogP contribution < -0.4 is 9.80 Å². The molecule has 0 aliphatic carbocycles. The van der Waals surface area contributed by atoms with E-state index in [1.807, 2.05) is 92.6 Å². The minimum atomic E-state index is -0.0234. The molecule has 0 unspecified atom stereocenters. The molecule has 0 radical (unpaired) electrons. The molecule has 4 bridgehead atoms. The zero-order valence-corrected chi connectivity index (χ0v) is 20.2. The maximum Gasteiger partial charge on any atom is 0.265 e. The van der Waals surface area contributed by atoms with E-state index in [-0.39, 0.29) is 11.8 Å². The minimum absolute atomic E-state index is 0.0234. The summed E-state index contributed by atoms with van der Waals surface area (Å²) < 4.78 is 3.47. The van der Waals surface area contributed by atoms with Crippen LogP contribution in [0.4, 0.5) is 11.4 Å². The lowest BCUT2D eigenvalue weighted by atomic mass is 9.89. The molecule has 3 aromatic carbocycles. The van der Waals surface area contributed by atoms with Crippen molar-refractivity contribution in [1.82, 2.24) is 9.13 Å². The molecular formula is C29H21N5O2. The fourth-order valence-corrected chi connectivity index (χ4v) is 6.02. The van der Waals surface area contributed by atoms with E-state index in [0.717, 1.165) is 55.7 Å². The molecule has 7 heteroatoms. The predicted molar refractivity (Wildman–Crippen MR) is 141 cm³/mol. The van der Waals surface area contributed by atoms with Crippen LogP contribution in [-0.4, -0.2) is 49.1 Å². The number of carbonyl (C=O) groups excluding carboxylic acids is 2. The minimum Gasteiger partial charge on any atom is -0.376 e. The van der Waals surface area contributed by atoms with Crippen LogP contribution in [0, 0.1) is 11.3 Å².